The molecule has 4 aliphatic rings. The van der Waals surface area contributed by atoms with Gasteiger partial charge in [-0.25, -0.2) is 0 Å². The third-order valence-corrected chi connectivity index (χ3v) is 18.0. The molecular weight excluding hydrogens is 561 g/mol. The molecule has 2 nitrogen and oxygen atoms in total. The number of quaternary nitrogens is 1. The Hall–Kier alpha value is -1.16. The SMILES string of the molecule is CCCCC1(CCCC)C2=CC3C(C=C2c2cc4c(cc21)C(C)(C)CCC4(C)C)CC(C)C3[Si](C)(C)N(C(C)(C)C)[N+](C)(C)C. The van der Waals surface area contributed by atoms with E-state index in [0.717, 1.165) is 16.1 Å². The lowest BCUT2D eigenvalue weighted by Crippen LogP contribution is -2.72. The summed E-state index contributed by atoms with van der Waals surface area (Å²) in [6.07, 6.45) is 17.5. The molecule has 0 amide bonds. The van der Waals surface area contributed by atoms with Crippen LogP contribution in [0, 0.1) is 17.8 Å². The molecule has 4 unspecified atom stereocenters. The van der Waals surface area contributed by atoms with E-state index in [9.17, 15) is 0 Å². The molecule has 0 aromatic heterocycles. The van der Waals surface area contributed by atoms with E-state index in [1.54, 1.807) is 33.4 Å². The van der Waals surface area contributed by atoms with E-state index in [4.69, 9.17) is 0 Å². The molecule has 0 N–H and O–H groups in total. The molecule has 1 saturated carbocycles. The van der Waals surface area contributed by atoms with Crippen molar-refractivity contribution in [3.63, 3.8) is 0 Å². The van der Waals surface area contributed by atoms with Gasteiger partial charge in [0.1, 0.15) is 0 Å². The first kappa shape index (κ1) is 35.2. The fourth-order valence-corrected chi connectivity index (χ4v) is 18.2. The number of fused-ring (bicyclic) bond motifs is 5. The first-order valence-corrected chi connectivity index (χ1v) is 21.9. The molecule has 4 atom stereocenters. The summed E-state index contributed by atoms with van der Waals surface area (Å²) in [5.74, 6) is 2.05. The Kier molecular flexibility index (Phi) is 8.96. The molecule has 1 fully saturated rings. The van der Waals surface area contributed by atoms with Gasteiger partial charge >= 0.3 is 0 Å². The van der Waals surface area contributed by atoms with Gasteiger partial charge in [-0.3, -0.25) is 4.59 Å². The molecule has 0 aliphatic heterocycles. The van der Waals surface area contributed by atoms with Gasteiger partial charge in [0.25, 0.3) is 0 Å². The van der Waals surface area contributed by atoms with Crippen molar-refractivity contribution in [3.8, 4) is 0 Å². The molecular formula is C42H71N2Si+. The Balaban J connectivity index is 1.74. The summed E-state index contributed by atoms with van der Waals surface area (Å²) in [7, 11) is 5.34. The minimum atomic E-state index is -1.89. The average Bonchev–Trinajstić information content (AvgIpc) is 3.36. The highest BCUT2D eigenvalue weighted by Crippen LogP contribution is 2.64. The molecule has 252 valence electrons. The van der Waals surface area contributed by atoms with E-state index in [1.807, 2.05) is 0 Å². The van der Waals surface area contributed by atoms with Gasteiger partial charge in [0.15, 0.2) is 8.24 Å². The monoisotopic (exact) mass is 632 g/mol. The van der Waals surface area contributed by atoms with Crippen LogP contribution in [0.15, 0.2) is 29.9 Å². The second-order valence-corrected chi connectivity index (χ2v) is 24.1. The normalized spacial score (nSPS) is 28.3. The van der Waals surface area contributed by atoms with E-state index in [1.165, 1.54) is 57.8 Å². The number of hydrogen-bond donors (Lipinski definition) is 0. The van der Waals surface area contributed by atoms with Gasteiger partial charge in [0.05, 0.1) is 26.7 Å². The van der Waals surface area contributed by atoms with Crippen molar-refractivity contribution in [1.82, 2.24) is 4.67 Å². The highest BCUT2D eigenvalue weighted by atomic mass is 28.3. The molecule has 0 radical (unpaired) electrons. The molecule has 0 heterocycles. The maximum absolute atomic E-state index is 2.95. The lowest BCUT2D eigenvalue weighted by molar-refractivity contribution is -0.978. The van der Waals surface area contributed by atoms with Crippen molar-refractivity contribution in [2.45, 2.75) is 167 Å². The maximum Gasteiger partial charge on any atom is 0.191 e. The van der Waals surface area contributed by atoms with Gasteiger partial charge in [-0.05, 0) is 120 Å². The predicted molar refractivity (Wildman–Crippen MR) is 200 cm³/mol. The molecule has 5 rings (SSSR count). The first-order chi connectivity index (χ1) is 20.6. The first-order valence-electron chi connectivity index (χ1n) is 18.9. The molecule has 0 bridgehead atoms. The lowest BCUT2D eigenvalue weighted by atomic mass is 9.61. The Morgan fingerprint density at radius 3 is 1.87 bits per heavy atom. The molecule has 4 aliphatic carbocycles. The summed E-state index contributed by atoms with van der Waals surface area (Å²) in [6.45, 7) is 30.3. The summed E-state index contributed by atoms with van der Waals surface area (Å²) < 4.78 is 3.87. The van der Waals surface area contributed by atoms with E-state index in [2.05, 4.69) is 132 Å². The van der Waals surface area contributed by atoms with Gasteiger partial charge in [0.2, 0.25) is 0 Å². The van der Waals surface area contributed by atoms with Crippen LogP contribution in [-0.4, -0.2) is 44.2 Å². The predicted octanol–water partition coefficient (Wildman–Crippen LogP) is 11.6. The number of benzene rings is 1. The van der Waals surface area contributed by atoms with Crippen LogP contribution in [0.25, 0.3) is 5.57 Å². The van der Waals surface area contributed by atoms with Gasteiger partial charge in [-0.15, -0.1) is 0 Å². The zero-order valence-corrected chi connectivity index (χ0v) is 33.4. The fraction of sp³-hybridized carbons (Fsp3) is 0.762. The van der Waals surface area contributed by atoms with Gasteiger partial charge in [0, 0.05) is 5.41 Å². The van der Waals surface area contributed by atoms with E-state index in [-0.39, 0.29) is 21.8 Å². The molecule has 0 saturated heterocycles. The Labute approximate surface area is 280 Å². The summed E-state index contributed by atoms with van der Waals surface area (Å²) in [5, 5.41) is 0. The molecule has 3 heteroatoms. The van der Waals surface area contributed by atoms with E-state index in [0.29, 0.717) is 11.8 Å². The number of unbranched alkanes of at least 4 members (excludes halogenated alkanes) is 2. The lowest BCUT2D eigenvalue weighted by Gasteiger charge is -2.55. The third kappa shape index (κ3) is 5.71. The average molecular weight is 632 g/mol. The molecule has 45 heavy (non-hydrogen) atoms. The minimum Gasteiger partial charge on any atom is -0.257 e. The van der Waals surface area contributed by atoms with E-state index < -0.39 is 8.24 Å². The van der Waals surface area contributed by atoms with Crippen LogP contribution >= 0.6 is 0 Å². The van der Waals surface area contributed by atoms with Crippen molar-refractivity contribution in [2.24, 2.45) is 17.8 Å². The van der Waals surface area contributed by atoms with Crippen LogP contribution in [0.5, 0.6) is 0 Å². The topological polar surface area (TPSA) is 3.24 Å². The fourth-order valence-electron chi connectivity index (χ4n) is 11.9. The van der Waals surface area contributed by atoms with E-state index >= 15 is 0 Å². The minimum absolute atomic E-state index is 0.128. The Morgan fingerprint density at radius 1 is 0.844 bits per heavy atom. The molecule has 1 aromatic rings. The number of nitrogens with zero attached hydrogens (tertiary/aromatic N) is 2. The smallest absolute Gasteiger partial charge is 0.191 e. The van der Waals surface area contributed by atoms with Gasteiger partial charge < -0.3 is 0 Å². The van der Waals surface area contributed by atoms with Crippen molar-refractivity contribution in [1.29, 1.82) is 0 Å². The number of hydrogen-bond acceptors (Lipinski definition) is 1. The number of allylic oxidation sites excluding steroid dienone is 4. The second kappa shape index (κ2) is 11.5. The highest BCUT2D eigenvalue weighted by Gasteiger charge is 2.59. The zero-order valence-electron chi connectivity index (χ0n) is 32.4. The van der Waals surface area contributed by atoms with Crippen LogP contribution in [0.1, 0.15) is 149 Å². The Morgan fingerprint density at radius 2 is 1.38 bits per heavy atom. The summed E-state index contributed by atoms with van der Waals surface area (Å²) in [4.78, 5) is 0. The van der Waals surface area contributed by atoms with Gasteiger partial charge in [-0.2, -0.15) is 4.67 Å². The summed E-state index contributed by atoms with van der Waals surface area (Å²) in [6, 6.07) is 5.52. The van der Waals surface area contributed by atoms with Crippen LogP contribution in [0.2, 0.25) is 18.6 Å². The van der Waals surface area contributed by atoms with Crippen molar-refractivity contribution >= 4 is 13.8 Å². The van der Waals surface area contributed by atoms with Crippen LogP contribution < -0.4 is 0 Å². The van der Waals surface area contributed by atoms with Crippen LogP contribution in [-0.2, 0) is 16.2 Å². The molecule has 1 aromatic carbocycles. The highest BCUT2D eigenvalue weighted by molar-refractivity contribution is 6.76. The summed E-state index contributed by atoms with van der Waals surface area (Å²) in [5.41, 5.74) is 11.5. The molecule has 0 spiro atoms. The van der Waals surface area contributed by atoms with Crippen LogP contribution in [0.3, 0.4) is 0 Å². The third-order valence-electron chi connectivity index (χ3n) is 13.0. The van der Waals surface area contributed by atoms with Crippen molar-refractivity contribution in [2.75, 3.05) is 21.1 Å². The zero-order chi connectivity index (χ0) is 33.5. The largest absolute Gasteiger partial charge is 0.257 e. The summed E-state index contributed by atoms with van der Waals surface area (Å²) >= 11 is 0. The second-order valence-electron chi connectivity index (χ2n) is 19.7. The maximum atomic E-state index is 2.95. The standard InChI is InChI=1S/C42H71N2Si/c1-16-18-20-42(21-19-17-2)34-26-31-30(24-29(3)38(31)45(14,15)43(39(4,5)6)44(11,12)13)25-32(34)33-27-36-37(28-35(33)42)41(9,10)23-22-40(36,7)8/h25-31,38H,16-24H2,1-15H3/q+1. The Bertz CT molecular complexity index is 1320. The van der Waals surface area contributed by atoms with Crippen molar-refractivity contribution < 1.29 is 4.59 Å². The number of rotatable bonds is 9. The quantitative estimate of drug-likeness (QED) is 0.149. The van der Waals surface area contributed by atoms with Crippen molar-refractivity contribution in [3.05, 3.63) is 52.1 Å². The van der Waals surface area contributed by atoms with Crippen LogP contribution in [0.4, 0.5) is 0 Å². The van der Waals surface area contributed by atoms with Gasteiger partial charge in [-0.1, -0.05) is 112 Å².